The van der Waals surface area contributed by atoms with Gasteiger partial charge in [0.15, 0.2) is 0 Å². The molecule has 1 aromatic carbocycles. The first kappa shape index (κ1) is 12.5. The zero-order chi connectivity index (χ0) is 13.3. The minimum absolute atomic E-state index is 0.493. The van der Waals surface area contributed by atoms with E-state index in [4.69, 9.17) is 10.7 Å². The summed E-state index contributed by atoms with van der Waals surface area (Å²) < 4.78 is 23.5. The summed E-state index contributed by atoms with van der Waals surface area (Å²) in [5.41, 5.74) is 0.493. The van der Waals surface area contributed by atoms with Crippen molar-refractivity contribution in [2.75, 3.05) is 0 Å². The fourth-order valence-corrected chi connectivity index (χ4v) is 2.25. The van der Waals surface area contributed by atoms with Crippen LogP contribution in [0, 0.1) is 10.1 Å². The van der Waals surface area contributed by atoms with Gasteiger partial charge in [-0.15, -0.1) is 4.68 Å². The molecule has 9 heteroatoms. The highest BCUT2D eigenvalue weighted by atomic mass is 35.7. The summed E-state index contributed by atoms with van der Waals surface area (Å²) in [7, 11) is 0.905. The van der Waals surface area contributed by atoms with E-state index in [1.807, 2.05) is 0 Å². The molecule has 0 radical (unpaired) electrons. The molecule has 0 bridgehead atoms. The molecule has 18 heavy (non-hydrogen) atoms. The van der Waals surface area contributed by atoms with E-state index < -0.39 is 24.7 Å². The first-order chi connectivity index (χ1) is 8.39. The van der Waals surface area contributed by atoms with Crippen LogP contribution in [0.15, 0.2) is 41.4 Å². The lowest BCUT2D eigenvalue weighted by Gasteiger charge is -1.93. The summed E-state index contributed by atoms with van der Waals surface area (Å²) in [4.78, 5) is 9.20. The summed E-state index contributed by atoms with van der Waals surface area (Å²) >= 11 is 0. The maximum atomic E-state index is 11.2. The summed E-state index contributed by atoms with van der Waals surface area (Å²) in [5, 5.41) is 14.3. The van der Waals surface area contributed by atoms with Gasteiger partial charge >= 0.3 is 5.82 Å². The van der Waals surface area contributed by atoms with Crippen molar-refractivity contribution in [1.82, 2.24) is 9.78 Å². The molecule has 1 heterocycles. The van der Waals surface area contributed by atoms with Crippen molar-refractivity contribution in [2.24, 2.45) is 0 Å². The Hall–Kier alpha value is -1.93. The van der Waals surface area contributed by atoms with Crippen molar-refractivity contribution in [2.45, 2.75) is 4.90 Å². The lowest BCUT2D eigenvalue weighted by atomic mass is 10.3. The molecule has 0 saturated carbocycles. The third-order valence-electron chi connectivity index (χ3n) is 2.12. The molecule has 94 valence electrons. The second-order valence-corrected chi connectivity index (χ2v) is 5.83. The Morgan fingerprint density at radius 3 is 2.33 bits per heavy atom. The topological polar surface area (TPSA) is 95.1 Å². The molecule has 0 fully saturated rings. The van der Waals surface area contributed by atoms with Gasteiger partial charge in [-0.3, -0.25) is 0 Å². The predicted molar refractivity (Wildman–Crippen MR) is 63.3 cm³/mol. The van der Waals surface area contributed by atoms with Crippen molar-refractivity contribution in [1.29, 1.82) is 0 Å². The monoisotopic (exact) mass is 287 g/mol. The van der Waals surface area contributed by atoms with Crippen LogP contribution in [0.2, 0.25) is 0 Å². The van der Waals surface area contributed by atoms with Crippen LogP contribution >= 0.6 is 10.7 Å². The number of nitrogens with zero attached hydrogens (tertiary/aromatic N) is 3. The van der Waals surface area contributed by atoms with Crippen molar-refractivity contribution in [3.8, 4) is 5.69 Å². The highest BCUT2D eigenvalue weighted by Gasteiger charge is 2.30. The molecule has 0 aliphatic carbocycles. The van der Waals surface area contributed by atoms with Gasteiger partial charge in [-0.1, -0.05) is 18.2 Å². The van der Waals surface area contributed by atoms with Gasteiger partial charge in [0, 0.05) is 10.7 Å². The highest BCUT2D eigenvalue weighted by Crippen LogP contribution is 2.26. The second kappa shape index (κ2) is 4.39. The molecule has 0 aliphatic rings. The van der Waals surface area contributed by atoms with E-state index in [-0.39, 0.29) is 0 Å². The van der Waals surface area contributed by atoms with E-state index in [1.165, 1.54) is 0 Å². The molecule has 0 aliphatic heterocycles. The van der Waals surface area contributed by atoms with Crippen molar-refractivity contribution in [3.05, 3.63) is 46.6 Å². The molecule has 0 spiro atoms. The summed E-state index contributed by atoms with van der Waals surface area (Å²) in [6.45, 7) is 0. The van der Waals surface area contributed by atoms with Gasteiger partial charge in [0.1, 0.15) is 0 Å². The van der Waals surface area contributed by atoms with Gasteiger partial charge < -0.3 is 10.1 Å². The molecule has 2 rings (SSSR count). The van der Waals surface area contributed by atoms with E-state index in [0.29, 0.717) is 5.69 Å². The SMILES string of the molecule is O=[N+]([O-])c1nn(-c2ccccc2)cc1S(=O)(=O)Cl. The molecule has 0 N–H and O–H groups in total. The number of aromatic nitrogens is 2. The zero-order valence-corrected chi connectivity index (χ0v) is 10.3. The average Bonchev–Trinajstić information content (AvgIpc) is 2.74. The standard InChI is InChI=1S/C9H6ClN3O4S/c10-18(16,17)8-6-12(11-9(8)13(14)15)7-4-2-1-3-5-7/h1-6H. The van der Waals surface area contributed by atoms with Crippen LogP contribution in [-0.4, -0.2) is 23.1 Å². The average molecular weight is 288 g/mol. The van der Waals surface area contributed by atoms with E-state index in [0.717, 1.165) is 10.9 Å². The van der Waals surface area contributed by atoms with Gasteiger partial charge in [0.25, 0.3) is 9.05 Å². The van der Waals surface area contributed by atoms with Crippen molar-refractivity contribution >= 4 is 25.6 Å². The maximum Gasteiger partial charge on any atom is 0.410 e. The third-order valence-corrected chi connectivity index (χ3v) is 3.43. The largest absolute Gasteiger partial charge is 0.410 e. The summed E-state index contributed by atoms with van der Waals surface area (Å²) in [5.74, 6) is -0.797. The Kier molecular flexibility index (Phi) is 3.05. The number of hydrogen-bond acceptors (Lipinski definition) is 5. The minimum atomic E-state index is -4.22. The Bertz CT molecular complexity index is 696. The first-order valence-electron chi connectivity index (χ1n) is 4.64. The number of nitro groups is 1. The lowest BCUT2D eigenvalue weighted by Crippen LogP contribution is -1.97. The predicted octanol–water partition coefficient (Wildman–Crippen LogP) is 1.71. The van der Waals surface area contributed by atoms with Crippen LogP contribution in [0.25, 0.3) is 5.69 Å². The molecule has 0 saturated heterocycles. The van der Waals surface area contributed by atoms with Crippen LogP contribution in [-0.2, 0) is 9.05 Å². The van der Waals surface area contributed by atoms with Crippen LogP contribution in [0.1, 0.15) is 0 Å². The van der Waals surface area contributed by atoms with Gasteiger partial charge in [0.2, 0.25) is 4.90 Å². The van der Waals surface area contributed by atoms with Crippen LogP contribution in [0.4, 0.5) is 5.82 Å². The molecule has 0 unspecified atom stereocenters. The molecular weight excluding hydrogens is 282 g/mol. The lowest BCUT2D eigenvalue weighted by molar-refractivity contribution is -0.392. The van der Waals surface area contributed by atoms with E-state index in [1.54, 1.807) is 30.3 Å². The van der Waals surface area contributed by atoms with Gasteiger partial charge in [-0.05, 0) is 17.1 Å². The molecule has 1 aromatic heterocycles. The van der Waals surface area contributed by atoms with Crippen LogP contribution in [0.5, 0.6) is 0 Å². The zero-order valence-electron chi connectivity index (χ0n) is 8.72. The first-order valence-corrected chi connectivity index (χ1v) is 6.94. The smallest absolute Gasteiger partial charge is 0.358 e. The minimum Gasteiger partial charge on any atom is -0.358 e. The normalized spacial score (nSPS) is 11.4. The van der Waals surface area contributed by atoms with Crippen LogP contribution in [0.3, 0.4) is 0 Å². The number of benzene rings is 1. The molecule has 7 nitrogen and oxygen atoms in total. The Labute approximate surface area is 106 Å². The molecular formula is C9H6ClN3O4S. The molecule has 0 amide bonds. The van der Waals surface area contributed by atoms with Gasteiger partial charge in [0.05, 0.1) is 17.0 Å². The van der Waals surface area contributed by atoms with E-state index in [9.17, 15) is 18.5 Å². The third kappa shape index (κ3) is 2.34. The fourth-order valence-electron chi connectivity index (χ4n) is 1.36. The van der Waals surface area contributed by atoms with Crippen LogP contribution < -0.4 is 0 Å². The summed E-state index contributed by atoms with van der Waals surface area (Å²) in [6, 6.07) is 8.39. The van der Waals surface area contributed by atoms with E-state index in [2.05, 4.69) is 5.10 Å². The van der Waals surface area contributed by atoms with Gasteiger partial charge in [-0.2, -0.15) is 0 Å². The van der Waals surface area contributed by atoms with Gasteiger partial charge in [-0.25, -0.2) is 8.42 Å². The highest BCUT2D eigenvalue weighted by molar-refractivity contribution is 8.13. The number of rotatable bonds is 3. The fraction of sp³-hybridized carbons (Fsp3) is 0. The molecule has 0 atom stereocenters. The van der Waals surface area contributed by atoms with E-state index >= 15 is 0 Å². The van der Waals surface area contributed by atoms with Crippen molar-refractivity contribution < 1.29 is 13.3 Å². The Balaban J connectivity index is 2.64. The number of para-hydroxylation sites is 1. The summed E-state index contributed by atoms with van der Waals surface area (Å²) in [6.07, 6.45) is 1.01. The Morgan fingerprint density at radius 1 is 1.28 bits per heavy atom. The number of hydrogen-bond donors (Lipinski definition) is 0. The van der Waals surface area contributed by atoms with Crippen molar-refractivity contribution in [3.63, 3.8) is 0 Å². The second-order valence-electron chi connectivity index (χ2n) is 3.29. The molecule has 2 aromatic rings. The quantitative estimate of drug-likeness (QED) is 0.486. The Morgan fingerprint density at radius 2 is 1.89 bits per heavy atom. The maximum absolute atomic E-state index is 11.2. The number of halogens is 1.